The lowest BCUT2D eigenvalue weighted by Gasteiger charge is -2.13. The van der Waals surface area contributed by atoms with E-state index in [0.29, 0.717) is 12.1 Å². The van der Waals surface area contributed by atoms with Crippen LogP contribution in [0.25, 0.3) is 0 Å². The highest BCUT2D eigenvalue weighted by molar-refractivity contribution is 5.86. The van der Waals surface area contributed by atoms with Crippen molar-refractivity contribution in [2.45, 2.75) is 5.92 Å². The fourth-order valence-electron chi connectivity index (χ4n) is 1.55. The molecule has 20 heavy (non-hydrogen) atoms. The highest BCUT2D eigenvalue weighted by Gasteiger charge is 2.19. The summed E-state index contributed by atoms with van der Waals surface area (Å²) in [5.41, 5.74) is 0.657. The van der Waals surface area contributed by atoms with Crippen LogP contribution >= 0.6 is 0 Å². The molecule has 0 aliphatic rings. The highest BCUT2D eigenvalue weighted by Crippen LogP contribution is 2.14. The van der Waals surface area contributed by atoms with Gasteiger partial charge in [-0.3, -0.25) is 4.79 Å². The predicted octanol–water partition coefficient (Wildman–Crippen LogP) is 0.681. The zero-order valence-corrected chi connectivity index (χ0v) is 11.6. The molecule has 0 aliphatic heterocycles. The molecule has 0 fully saturated rings. The van der Waals surface area contributed by atoms with Crippen molar-refractivity contribution in [1.82, 2.24) is 15.5 Å². The molecular formula is C14H18N4O2. The number of nitrogens with zero attached hydrogens (tertiary/aromatic N) is 2. The number of hydrogen-bond acceptors (Lipinski definition) is 3. The molecule has 2 N–H and O–H groups in total. The van der Waals surface area contributed by atoms with Crippen LogP contribution in [0.2, 0.25) is 0 Å². The van der Waals surface area contributed by atoms with Crippen LogP contribution in [0.1, 0.15) is 11.5 Å². The number of rotatable bonds is 5. The molecule has 0 heterocycles. The number of carbonyl (C=O) groups is 2. The lowest BCUT2D eigenvalue weighted by atomic mass is 10.00. The largest absolute Gasteiger partial charge is 0.353 e. The molecule has 0 radical (unpaired) electrons. The number of carbonyl (C=O) groups excluding carboxylic acids is 2. The molecule has 1 aromatic carbocycles. The van der Waals surface area contributed by atoms with Crippen LogP contribution in [0.3, 0.4) is 0 Å². The first-order valence-electron chi connectivity index (χ1n) is 6.23. The molecule has 0 saturated carbocycles. The van der Waals surface area contributed by atoms with Gasteiger partial charge in [0.15, 0.2) is 0 Å². The van der Waals surface area contributed by atoms with Gasteiger partial charge in [-0.05, 0) is 5.56 Å². The second-order valence-corrected chi connectivity index (χ2v) is 4.39. The van der Waals surface area contributed by atoms with Gasteiger partial charge in [-0.2, -0.15) is 5.26 Å². The monoisotopic (exact) mass is 274 g/mol. The zero-order chi connectivity index (χ0) is 15.0. The minimum absolute atomic E-state index is 0.223. The molecular weight excluding hydrogens is 256 g/mol. The molecule has 1 rings (SSSR count). The second-order valence-electron chi connectivity index (χ2n) is 4.39. The van der Waals surface area contributed by atoms with Crippen molar-refractivity contribution in [3.8, 4) is 6.07 Å². The van der Waals surface area contributed by atoms with Crippen molar-refractivity contribution in [3.63, 3.8) is 0 Å². The Morgan fingerprint density at radius 3 is 2.35 bits per heavy atom. The van der Waals surface area contributed by atoms with Crippen molar-refractivity contribution in [2.75, 3.05) is 27.2 Å². The van der Waals surface area contributed by atoms with Crippen molar-refractivity contribution in [3.05, 3.63) is 35.9 Å². The first kappa shape index (κ1) is 15.5. The first-order valence-corrected chi connectivity index (χ1v) is 6.23. The van der Waals surface area contributed by atoms with Gasteiger partial charge in [0.05, 0.1) is 6.07 Å². The van der Waals surface area contributed by atoms with Gasteiger partial charge < -0.3 is 15.5 Å². The predicted molar refractivity (Wildman–Crippen MR) is 74.9 cm³/mol. The number of hydrogen-bond donors (Lipinski definition) is 2. The van der Waals surface area contributed by atoms with Gasteiger partial charge in [0.25, 0.3) is 0 Å². The van der Waals surface area contributed by atoms with Crippen LogP contribution in [0.15, 0.2) is 30.3 Å². The number of nitrogens with one attached hydrogen (secondary N) is 2. The SMILES string of the molecule is CN(C)C(=O)NCCNC(=O)C(C#N)c1ccccc1. The Balaban J connectivity index is 2.42. The topological polar surface area (TPSA) is 85.2 Å². The van der Waals surface area contributed by atoms with E-state index >= 15 is 0 Å². The summed E-state index contributed by atoms with van der Waals surface area (Å²) < 4.78 is 0. The molecule has 0 aliphatic carbocycles. The van der Waals surface area contributed by atoms with Crippen LogP contribution in [-0.2, 0) is 4.79 Å². The van der Waals surface area contributed by atoms with Crippen molar-refractivity contribution in [1.29, 1.82) is 5.26 Å². The molecule has 1 atom stereocenters. The van der Waals surface area contributed by atoms with E-state index in [1.54, 1.807) is 38.4 Å². The molecule has 0 spiro atoms. The molecule has 3 amide bonds. The van der Waals surface area contributed by atoms with E-state index in [4.69, 9.17) is 5.26 Å². The normalized spacial score (nSPS) is 11.1. The fraction of sp³-hybridized carbons (Fsp3) is 0.357. The Labute approximate surface area is 118 Å². The number of urea groups is 1. The minimum Gasteiger partial charge on any atom is -0.353 e. The van der Waals surface area contributed by atoms with Crippen LogP contribution < -0.4 is 10.6 Å². The summed E-state index contributed by atoms with van der Waals surface area (Å²) in [4.78, 5) is 24.6. The number of amides is 3. The van der Waals surface area contributed by atoms with Crippen LogP contribution in [0, 0.1) is 11.3 Å². The van der Waals surface area contributed by atoms with E-state index in [0.717, 1.165) is 0 Å². The maximum absolute atomic E-state index is 11.9. The lowest BCUT2D eigenvalue weighted by Crippen LogP contribution is -2.40. The van der Waals surface area contributed by atoms with Gasteiger partial charge in [0.2, 0.25) is 5.91 Å². The average Bonchev–Trinajstić information content (AvgIpc) is 2.45. The summed E-state index contributed by atoms with van der Waals surface area (Å²) in [5.74, 6) is -1.20. The summed E-state index contributed by atoms with van der Waals surface area (Å²) in [6.07, 6.45) is 0. The van der Waals surface area contributed by atoms with E-state index < -0.39 is 5.92 Å². The van der Waals surface area contributed by atoms with Crippen LogP contribution in [0.4, 0.5) is 4.79 Å². The third-order valence-electron chi connectivity index (χ3n) is 2.63. The maximum Gasteiger partial charge on any atom is 0.316 e. The zero-order valence-electron chi connectivity index (χ0n) is 11.6. The summed E-state index contributed by atoms with van der Waals surface area (Å²) in [6.45, 7) is 0.596. The van der Waals surface area contributed by atoms with Crippen molar-refractivity contribution in [2.24, 2.45) is 0 Å². The highest BCUT2D eigenvalue weighted by atomic mass is 16.2. The second kappa shape index (κ2) is 7.79. The van der Waals surface area contributed by atoms with E-state index in [-0.39, 0.29) is 18.5 Å². The number of benzene rings is 1. The molecule has 0 bridgehead atoms. The Morgan fingerprint density at radius 1 is 1.20 bits per heavy atom. The molecule has 1 aromatic rings. The van der Waals surface area contributed by atoms with E-state index in [1.165, 1.54) is 4.90 Å². The third kappa shape index (κ3) is 4.61. The summed E-state index contributed by atoms with van der Waals surface area (Å²) in [7, 11) is 3.27. The smallest absolute Gasteiger partial charge is 0.316 e. The summed E-state index contributed by atoms with van der Waals surface area (Å²) >= 11 is 0. The Morgan fingerprint density at radius 2 is 1.80 bits per heavy atom. The van der Waals surface area contributed by atoms with Gasteiger partial charge in [0, 0.05) is 27.2 Å². The van der Waals surface area contributed by atoms with E-state index in [9.17, 15) is 9.59 Å². The minimum atomic E-state index is -0.833. The molecule has 106 valence electrons. The molecule has 0 aromatic heterocycles. The summed E-state index contributed by atoms with van der Waals surface area (Å²) in [6, 6.07) is 10.6. The van der Waals surface area contributed by atoms with Crippen molar-refractivity contribution >= 4 is 11.9 Å². The van der Waals surface area contributed by atoms with Crippen LogP contribution in [-0.4, -0.2) is 44.0 Å². The van der Waals surface area contributed by atoms with E-state index in [2.05, 4.69) is 10.6 Å². The van der Waals surface area contributed by atoms with Crippen molar-refractivity contribution < 1.29 is 9.59 Å². The van der Waals surface area contributed by atoms with Gasteiger partial charge in [-0.1, -0.05) is 30.3 Å². The maximum atomic E-state index is 11.9. The van der Waals surface area contributed by atoms with Gasteiger partial charge in [-0.25, -0.2) is 4.79 Å². The Kier molecular flexibility index (Phi) is 6.04. The fourth-order valence-corrected chi connectivity index (χ4v) is 1.55. The van der Waals surface area contributed by atoms with Gasteiger partial charge >= 0.3 is 6.03 Å². The Hall–Kier alpha value is -2.55. The lowest BCUT2D eigenvalue weighted by molar-refractivity contribution is -0.121. The molecule has 6 nitrogen and oxygen atoms in total. The van der Waals surface area contributed by atoms with Gasteiger partial charge in [0.1, 0.15) is 5.92 Å². The third-order valence-corrected chi connectivity index (χ3v) is 2.63. The Bertz CT molecular complexity index is 494. The molecule has 6 heteroatoms. The van der Waals surface area contributed by atoms with Crippen LogP contribution in [0.5, 0.6) is 0 Å². The molecule has 1 unspecified atom stereocenters. The molecule has 0 saturated heterocycles. The quantitative estimate of drug-likeness (QED) is 0.774. The summed E-state index contributed by atoms with van der Waals surface area (Å²) in [5, 5.41) is 14.3. The van der Waals surface area contributed by atoms with Gasteiger partial charge in [-0.15, -0.1) is 0 Å². The average molecular weight is 274 g/mol. The first-order chi connectivity index (χ1) is 9.56. The van der Waals surface area contributed by atoms with E-state index in [1.807, 2.05) is 12.1 Å². The number of nitriles is 1. The standard InChI is InChI=1S/C14H18N4O2/c1-18(2)14(20)17-9-8-16-13(19)12(10-15)11-6-4-3-5-7-11/h3-7,12H,8-9H2,1-2H3,(H,16,19)(H,17,20).